The summed E-state index contributed by atoms with van der Waals surface area (Å²) in [5, 5.41) is 0. The summed E-state index contributed by atoms with van der Waals surface area (Å²) in [4.78, 5) is 11.0. The van der Waals surface area contributed by atoms with Crippen molar-refractivity contribution in [3.63, 3.8) is 0 Å². The maximum absolute atomic E-state index is 5.77. The van der Waals surface area contributed by atoms with E-state index in [0.717, 1.165) is 0 Å². The maximum atomic E-state index is 5.77. The molecule has 0 saturated carbocycles. The SMILES string of the molecule is COCC(OOC)C(CC(c1ccccc1)(c1ccccc1)c1ccccc1)NNCc1ccccc1. The summed E-state index contributed by atoms with van der Waals surface area (Å²) >= 11 is 0. The summed E-state index contributed by atoms with van der Waals surface area (Å²) in [6.07, 6.45) is 0.318. The van der Waals surface area contributed by atoms with Crippen molar-refractivity contribution in [2.24, 2.45) is 0 Å². The van der Waals surface area contributed by atoms with E-state index in [1.165, 1.54) is 29.4 Å². The Bertz CT molecular complexity index is 1060. The van der Waals surface area contributed by atoms with Gasteiger partial charge in [-0.2, -0.15) is 0 Å². The van der Waals surface area contributed by atoms with Gasteiger partial charge in [-0.25, -0.2) is 9.78 Å². The fourth-order valence-electron chi connectivity index (χ4n) is 5.01. The highest BCUT2D eigenvalue weighted by Gasteiger charge is 2.41. The molecule has 2 unspecified atom stereocenters. The van der Waals surface area contributed by atoms with Gasteiger partial charge < -0.3 is 4.74 Å². The molecule has 0 heterocycles. The summed E-state index contributed by atoms with van der Waals surface area (Å²) in [5.74, 6) is 0. The molecular weight excluding hydrogens is 460 g/mol. The fourth-order valence-corrected chi connectivity index (χ4v) is 5.01. The van der Waals surface area contributed by atoms with Crippen LogP contribution in [0.2, 0.25) is 0 Å². The molecule has 4 aromatic carbocycles. The second-order valence-electron chi connectivity index (χ2n) is 9.05. The monoisotopic (exact) mass is 496 g/mol. The molecule has 0 aromatic heterocycles. The molecule has 2 atom stereocenters. The minimum atomic E-state index is -0.459. The lowest BCUT2D eigenvalue weighted by Gasteiger charge is -2.40. The van der Waals surface area contributed by atoms with Gasteiger partial charge in [0.25, 0.3) is 0 Å². The number of hydrogen-bond donors (Lipinski definition) is 2. The average molecular weight is 497 g/mol. The second kappa shape index (κ2) is 13.8. The molecule has 37 heavy (non-hydrogen) atoms. The van der Waals surface area contributed by atoms with Gasteiger partial charge in [0.2, 0.25) is 0 Å². The van der Waals surface area contributed by atoms with E-state index in [1.807, 2.05) is 18.2 Å². The number of rotatable bonds is 14. The Labute approximate surface area is 220 Å². The van der Waals surface area contributed by atoms with Gasteiger partial charge in [0.1, 0.15) is 6.10 Å². The van der Waals surface area contributed by atoms with Crippen LogP contribution < -0.4 is 10.9 Å². The minimum absolute atomic E-state index is 0.177. The van der Waals surface area contributed by atoms with Crippen molar-refractivity contribution in [1.29, 1.82) is 0 Å². The average Bonchev–Trinajstić information content (AvgIpc) is 2.97. The third-order valence-corrected chi connectivity index (χ3v) is 6.75. The maximum Gasteiger partial charge on any atom is 0.133 e. The molecule has 0 spiro atoms. The van der Waals surface area contributed by atoms with Crippen LogP contribution in [0, 0.1) is 0 Å². The Balaban J connectivity index is 1.78. The molecule has 0 saturated heterocycles. The predicted molar refractivity (Wildman–Crippen MR) is 148 cm³/mol. The molecule has 0 aliphatic heterocycles. The van der Waals surface area contributed by atoms with E-state index in [0.29, 0.717) is 19.6 Å². The highest BCUT2D eigenvalue weighted by molar-refractivity contribution is 5.50. The van der Waals surface area contributed by atoms with Crippen molar-refractivity contribution in [2.75, 3.05) is 20.8 Å². The Morgan fingerprint density at radius 3 is 1.54 bits per heavy atom. The van der Waals surface area contributed by atoms with Crippen LogP contribution in [-0.2, 0) is 26.5 Å². The van der Waals surface area contributed by atoms with Crippen LogP contribution in [0.5, 0.6) is 0 Å². The second-order valence-corrected chi connectivity index (χ2v) is 9.05. The molecule has 5 heteroatoms. The van der Waals surface area contributed by atoms with E-state index >= 15 is 0 Å². The van der Waals surface area contributed by atoms with E-state index in [-0.39, 0.29) is 12.1 Å². The van der Waals surface area contributed by atoms with Gasteiger partial charge in [-0.3, -0.25) is 10.9 Å². The van der Waals surface area contributed by atoms with Crippen LogP contribution in [0.4, 0.5) is 0 Å². The van der Waals surface area contributed by atoms with Crippen molar-refractivity contribution < 1.29 is 14.5 Å². The molecule has 0 aliphatic rings. The molecule has 4 aromatic rings. The van der Waals surface area contributed by atoms with Crippen molar-refractivity contribution in [3.05, 3.63) is 144 Å². The van der Waals surface area contributed by atoms with Gasteiger partial charge in [-0.05, 0) is 28.7 Å². The van der Waals surface area contributed by atoms with E-state index in [1.54, 1.807) is 7.11 Å². The molecule has 5 nitrogen and oxygen atoms in total. The van der Waals surface area contributed by atoms with Crippen molar-refractivity contribution in [1.82, 2.24) is 10.9 Å². The smallest absolute Gasteiger partial charge is 0.133 e. The van der Waals surface area contributed by atoms with Gasteiger partial charge in [0.15, 0.2) is 0 Å². The van der Waals surface area contributed by atoms with E-state index in [2.05, 4.69) is 114 Å². The van der Waals surface area contributed by atoms with Crippen molar-refractivity contribution in [2.45, 2.75) is 30.5 Å². The highest BCUT2D eigenvalue weighted by Crippen LogP contribution is 2.43. The number of nitrogens with one attached hydrogen (secondary N) is 2. The Morgan fingerprint density at radius 1 is 0.649 bits per heavy atom. The first-order chi connectivity index (χ1) is 18.3. The number of ether oxygens (including phenoxy) is 1. The first kappa shape index (κ1) is 26.7. The predicted octanol–water partition coefficient (Wildman–Crippen LogP) is 5.67. The summed E-state index contributed by atoms with van der Waals surface area (Å²) in [6.45, 7) is 1.03. The zero-order valence-corrected chi connectivity index (χ0v) is 21.5. The molecule has 192 valence electrons. The van der Waals surface area contributed by atoms with E-state index in [4.69, 9.17) is 14.5 Å². The Morgan fingerprint density at radius 2 is 1.11 bits per heavy atom. The van der Waals surface area contributed by atoms with Gasteiger partial charge in [-0.1, -0.05) is 121 Å². The summed E-state index contributed by atoms with van der Waals surface area (Å²) < 4.78 is 5.56. The number of benzene rings is 4. The van der Waals surface area contributed by atoms with E-state index < -0.39 is 5.41 Å². The van der Waals surface area contributed by atoms with Crippen molar-refractivity contribution in [3.8, 4) is 0 Å². The molecule has 0 bridgehead atoms. The van der Waals surface area contributed by atoms with E-state index in [9.17, 15) is 0 Å². The summed E-state index contributed by atoms with van der Waals surface area (Å²) in [7, 11) is 3.22. The number of methoxy groups -OCH3 is 1. The Hall–Kier alpha value is -3.32. The number of hydrogen-bond acceptors (Lipinski definition) is 5. The molecule has 2 N–H and O–H groups in total. The van der Waals surface area contributed by atoms with Crippen LogP contribution in [0.1, 0.15) is 28.7 Å². The molecule has 0 radical (unpaired) electrons. The topological polar surface area (TPSA) is 51.8 Å². The van der Waals surface area contributed by atoms with Gasteiger partial charge in [0, 0.05) is 19.1 Å². The third kappa shape index (κ3) is 6.72. The lowest BCUT2D eigenvalue weighted by Crippen LogP contribution is -2.53. The van der Waals surface area contributed by atoms with Gasteiger partial charge in [-0.15, -0.1) is 0 Å². The standard InChI is InChI=1S/C32H36N2O3/c1-35-25-31(37-36-2)30(34-33-24-26-15-7-3-8-16-26)23-32(27-17-9-4-10-18-27,28-19-11-5-12-20-28)29-21-13-6-14-22-29/h3-22,30-31,33-34H,23-25H2,1-2H3. The molecule has 0 aliphatic carbocycles. The van der Waals surface area contributed by atoms with Crippen molar-refractivity contribution >= 4 is 0 Å². The quantitative estimate of drug-likeness (QED) is 0.134. The largest absolute Gasteiger partial charge is 0.382 e. The molecule has 0 amide bonds. The first-order valence-corrected chi connectivity index (χ1v) is 12.6. The summed E-state index contributed by atoms with van der Waals surface area (Å²) in [6, 6.07) is 42.2. The number of hydrazine groups is 1. The molecule has 0 fully saturated rings. The van der Waals surface area contributed by atoms with Crippen LogP contribution in [-0.4, -0.2) is 33.0 Å². The molecular formula is C32H36N2O3. The lowest BCUT2D eigenvalue weighted by atomic mass is 9.65. The van der Waals surface area contributed by atoms with Crippen LogP contribution in [0.25, 0.3) is 0 Å². The zero-order valence-electron chi connectivity index (χ0n) is 21.5. The van der Waals surface area contributed by atoms with Crippen LogP contribution in [0.3, 0.4) is 0 Å². The highest BCUT2D eigenvalue weighted by atomic mass is 17.2. The van der Waals surface area contributed by atoms with Gasteiger partial charge in [0.05, 0.1) is 19.8 Å². The van der Waals surface area contributed by atoms with Gasteiger partial charge >= 0.3 is 0 Å². The lowest BCUT2D eigenvalue weighted by molar-refractivity contribution is -0.317. The zero-order chi connectivity index (χ0) is 25.8. The summed E-state index contributed by atoms with van der Waals surface area (Å²) in [5.41, 5.74) is 11.3. The molecule has 4 rings (SSSR count). The first-order valence-electron chi connectivity index (χ1n) is 12.6. The van der Waals surface area contributed by atoms with Crippen LogP contribution >= 0.6 is 0 Å². The normalized spacial score (nSPS) is 13.2. The third-order valence-electron chi connectivity index (χ3n) is 6.75. The van der Waals surface area contributed by atoms with Crippen LogP contribution in [0.15, 0.2) is 121 Å². The minimum Gasteiger partial charge on any atom is -0.382 e. The Kier molecular flexibility index (Phi) is 10.0. The fraction of sp³-hybridized carbons (Fsp3) is 0.250.